The smallest absolute Gasteiger partial charge is 0.0887 e. The maximum atomic E-state index is 7.59. The first-order valence-corrected chi connectivity index (χ1v) is 18.2. The molecule has 1 aromatic heterocycles. The molecule has 1 N–H and O–H groups in total. The molecule has 0 aliphatic carbocycles. The third kappa shape index (κ3) is 5.40. The van der Waals surface area contributed by atoms with Crippen LogP contribution in [0.3, 0.4) is 0 Å². The van der Waals surface area contributed by atoms with E-state index in [9.17, 15) is 0 Å². The van der Waals surface area contributed by atoms with Crippen LogP contribution in [0, 0.1) is 0 Å². The Balaban J connectivity index is 1.42. The molecule has 0 fully saturated rings. The Bertz CT molecular complexity index is 2740. The summed E-state index contributed by atoms with van der Waals surface area (Å²) in [6.45, 7) is 0. The molecular weight excluding hydrogens is 668 g/mol. The SMILES string of the molecule is Clc1c2cccc1N(c1ccccc1)c1ccc3c4cccc(c4)n(-c4ccccc4)c4cccc(c4)c4ccc(cc4[nH]c3c1)N2c1ccccc1. The van der Waals surface area contributed by atoms with E-state index in [1.807, 2.05) is 12.1 Å². The lowest BCUT2D eigenvalue weighted by Crippen LogP contribution is -2.14. The van der Waals surface area contributed by atoms with Crippen LogP contribution in [0.2, 0.25) is 5.02 Å². The third-order valence-electron chi connectivity index (χ3n) is 10.1. The van der Waals surface area contributed by atoms with Crippen LogP contribution in [-0.2, 0) is 0 Å². The van der Waals surface area contributed by atoms with Gasteiger partial charge in [0.1, 0.15) is 0 Å². The van der Waals surface area contributed by atoms with Gasteiger partial charge in [0.15, 0.2) is 0 Å². The number of hydrogen-bond donors (Lipinski definition) is 1. The minimum absolute atomic E-state index is 0.654. The number of aromatic nitrogens is 2. The van der Waals surface area contributed by atoms with Crippen molar-refractivity contribution in [2.24, 2.45) is 0 Å². The van der Waals surface area contributed by atoms with Crippen LogP contribution >= 0.6 is 11.6 Å². The van der Waals surface area contributed by atoms with Crippen molar-refractivity contribution in [3.8, 4) is 5.69 Å². The van der Waals surface area contributed by atoms with Gasteiger partial charge in [-0.1, -0.05) is 109 Å². The van der Waals surface area contributed by atoms with E-state index in [1.54, 1.807) is 0 Å². The molecule has 0 saturated heterocycles. The summed E-state index contributed by atoms with van der Waals surface area (Å²) in [5.74, 6) is 0. The molecule has 8 aromatic carbocycles. The monoisotopic (exact) mass is 700 g/mol. The number of anilines is 6. The number of benzene rings is 8. The van der Waals surface area contributed by atoms with Gasteiger partial charge in [-0.05, 0) is 108 Å². The zero-order valence-corrected chi connectivity index (χ0v) is 29.5. The van der Waals surface area contributed by atoms with Crippen LogP contribution in [0.5, 0.6) is 0 Å². The molecule has 5 heteroatoms. The molecule has 1 aliphatic rings. The Morgan fingerprint density at radius 1 is 0.358 bits per heavy atom. The van der Waals surface area contributed by atoms with Crippen molar-refractivity contribution < 1.29 is 0 Å². The van der Waals surface area contributed by atoms with E-state index in [-0.39, 0.29) is 0 Å². The lowest BCUT2D eigenvalue weighted by atomic mass is 10.1. The summed E-state index contributed by atoms with van der Waals surface area (Å²) in [6.07, 6.45) is 0. The molecule has 10 rings (SSSR count). The number of H-pyrrole nitrogens is 1. The fourth-order valence-corrected chi connectivity index (χ4v) is 8.00. The van der Waals surface area contributed by atoms with Crippen molar-refractivity contribution in [2.45, 2.75) is 0 Å². The minimum atomic E-state index is 0.654. The summed E-state index contributed by atoms with van der Waals surface area (Å²) in [7, 11) is 0. The van der Waals surface area contributed by atoms with Gasteiger partial charge in [-0.25, -0.2) is 0 Å². The van der Waals surface area contributed by atoms with Crippen LogP contribution < -0.4 is 9.80 Å². The second-order valence-electron chi connectivity index (χ2n) is 13.3. The molecular formula is C48H33ClN4. The van der Waals surface area contributed by atoms with Gasteiger partial charge in [0.05, 0.1) is 16.4 Å². The molecule has 0 radical (unpaired) electrons. The molecule has 9 aromatic rings. The summed E-state index contributed by atoms with van der Waals surface area (Å²) in [6, 6.07) is 68.8. The molecule has 0 spiro atoms. The fourth-order valence-electron chi connectivity index (χ4n) is 7.71. The van der Waals surface area contributed by atoms with Gasteiger partial charge in [-0.2, -0.15) is 0 Å². The van der Waals surface area contributed by atoms with Crippen LogP contribution in [0.4, 0.5) is 34.1 Å². The second kappa shape index (κ2) is 12.8. The number of rotatable bonds is 3. The van der Waals surface area contributed by atoms with E-state index in [2.05, 4.69) is 201 Å². The Morgan fingerprint density at radius 2 is 0.792 bits per heavy atom. The van der Waals surface area contributed by atoms with Crippen LogP contribution in [0.1, 0.15) is 0 Å². The standard InChI is InChI=1S/C48H33ClN4/c49-48-46-23-12-24-47(48)53(37-19-8-3-9-20-37)41-26-28-43-34-14-11-22-39(30-34)51(35-15-4-1-5-16-35)38-21-10-13-33(29-38)42-27-25-40(31-44(42)50-45(43)32-41)52(46)36-17-6-2-7-18-36/h1-32,50H. The topological polar surface area (TPSA) is 27.2 Å². The molecule has 252 valence electrons. The summed E-state index contributed by atoms with van der Waals surface area (Å²) >= 11 is 7.59. The van der Waals surface area contributed by atoms with Crippen LogP contribution in [0.25, 0.3) is 49.3 Å². The highest BCUT2D eigenvalue weighted by Crippen LogP contribution is 2.47. The van der Waals surface area contributed by atoms with Crippen molar-refractivity contribution >= 4 is 89.3 Å². The molecule has 53 heavy (non-hydrogen) atoms. The number of para-hydroxylation sites is 3. The summed E-state index contributed by atoms with van der Waals surface area (Å²) in [5, 5.41) is 5.05. The number of hydrogen-bond acceptors (Lipinski definition) is 2. The molecule has 2 heterocycles. The summed E-state index contributed by atoms with van der Waals surface area (Å²) < 4.78 is 2.34. The van der Waals surface area contributed by atoms with E-state index in [0.717, 1.165) is 83.4 Å². The van der Waals surface area contributed by atoms with Crippen molar-refractivity contribution in [1.29, 1.82) is 0 Å². The zero-order valence-electron chi connectivity index (χ0n) is 28.7. The van der Waals surface area contributed by atoms with E-state index in [1.165, 1.54) is 0 Å². The van der Waals surface area contributed by atoms with Gasteiger partial charge >= 0.3 is 0 Å². The van der Waals surface area contributed by atoms with E-state index in [0.29, 0.717) is 5.02 Å². The first-order chi connectivity index (χ1) is 26.2. The number of nitrogens with one attached hydrogen (secondary N) is 1. The highest BCUT2D eigenvalue weighted by Gasteiger charge is 2.23. The minimum Gasteiger partial charge on any atom is -0.354 e. The summed E-state index contributed by atoms with van der Waals surface area (Å²) in [5.41, 5.74) is 11.0. The molecule has 10 bridgehead atoms. The Kier molecular flexibility index (Phi) is 7.48. The Labute approximate surface area is 312 Å². The second-order valence-corrected chi connectivity index (χ2v) is 13.7. The predicted octanol–water partition coefficient (Wildman–Crippen LogP) is 14.0. The first-order valence-electron chi connectivity index (χ1n) is 17.8. The van der Waals surface area contributed by atoms with Gasteiger partial charge in [-0.3, -0.25) is 0 Å². The molecule has 0 amide bonds. The largest absolute Gasteiger partial charge is 0.354 e. The van der Waals surface area contributed by atoms with Crippen LogP contribution in [0.15, 0.2) is 194 Å². The molecule has 1 aliphatic heterocycles. The molecule has 0 atom stereocenters. The van der Waals surface area contributed by atoms with Gasteiger partial charge < -0.3 is 19.4 Å². The van der Waals surface area contributed by atoms with Gasteiger partial charge in [0.2, 0.25) is 0 Å². The van der Waals surface area contributed by atoms with Crippen molar-refractivity contribution in [2.75, 3.05) is 9.80 Å². The quantitative estimate of drug-likeness (QED) is 0.199. The fraction of sp³-hybridized carbons (Fsp3) is 0. The van der Waals surface area contributed by atoms with Gasteiger partial charge in [-0.15, -0.1) is 0 Å². The van der Waals surface area contributed by atoms with E-state index >= 15 is 0 Å². The molecule has 4 nitrogen and oxygen atoms in total. The number of halogens is 1. The maximum absolute atomic E-state index is 7.59. The first kappa shape index (κ1) is 31.0. The van der Waals surface area contributed by atoms with Gasteiger partial charge in [0.25, 0.3) is 0 Å². The molecule has 0 unspecified atom stereocenters. The van der Waals surface area contributed by atoms with Crippen molar-refractivity contribution in [3.63, 3.8) is 0 Å². The van der Waals surface area contributed by atoms with Crippen molar-refractivity contribution in [1.82, 2.24) is 9.55 Å². The van der Waals surface area contributed by atoms with Gasteiger partial charge in [0, 0.05) is 61.3 Å². The van der Waals surface area contributed by atoms with Crippen molar-refractivity contribution in [3.05, 3.63) is 199 Å². The Morgan fingerprint density at radius 3 is 1.26 bits per heavy atom. The highest BCUT2D eigenvalue weighted by atomic mass is 35.5. The number of nitrogens with zero attached hydrogens (tertiary/aromatic N) is 3. The van der Waals surface area contributed by atoms with E-state index in [4.69, 9.17) is 11.6 Å². The highest BCUT2D eigenvalue weighted by molar-refractivity contribution is 6.36. The average Bonchev–Trinajstić information content (AvgIpc) is 3.21. The zero-order chi connectivity index (χ0) is 35.3. The maximum Gasteiger partial charge on any atom is 0.0887 e. The third-order valence-corrected chi connectivity index (χ3v) is 10.5. The molecule has 0 saturated carbocycles. The lowest BCUT2D eigenvalue weighted by Gasteiger charge is -2.31. The van der Waals surface area contributed by atoms with Crippen LogP contribution in [-0.4, -0.2) is 9.55 Å². The average molecular weight is 701 g/mol. The number of fused-ring (bicyclic) bond motifs is 10. The van der Waals surface area contributed by atoms with E-state index < -0.39 is 0 Å². The summed E-state index contributed by atoms with van der Waals surface area (Å²) in [4.78, 5) is 8.49. The lowest BCUT2D eigenvalue weighted by molar-refractivity contribution is 1.16. The number of aromatic amines is 1. The Hall–Kier alpha value is -6.75. The predicted molar refractivity (Wildman–Crippen MR) is 225 cm³/mol. The normalized spacial score (nSPS) is 12.2.